The maximum absolute atomic E-state index is 6.16. The van der Waals surface area contributed by atoms with E-state index in [2.05, 4.69) is 32.5 Å². The average molecular weight is 390 g/mol. The largest absolute Gasteiger partial charge is 0.493 e. The Labute approximate surface area is 168 Å². The SMILES string of the molecule is COc1cc2nc(NCc3ccccc3Cn3cccn3)nc(N)c2cc1OC. The summed E-state index contributed by atoms with van der Waals surface area (Å²) in [6.45, 7) is 1.26. The third kappa shape index (κ3) is 3.91. The second kappa shape index (κ2) is 8.05. The van der Waals surface area contributed by atoms with E-state index in [1.165, 1.54) is 5.56 Å². The monoisotopic (exact) mass is 390 g/mol. The second-order valence-corrected chi connectivity index (χ2v) is 6.48. The number of ether oxygens (including phenoxy) is 2. The molecule has 0 radical (unpaired) electrons. The molecule has 0 aliphatic carbocycles. The van der Waals surface area contributed by atoms with Crippen LogP contribution in [0.2, 0.25) is 0 Å². The standard InChI is InChI=1S/C21H22N6O2/c1-28-18-10-16-17(11-19(18)29-2)25-21(26-20(16)22)23-12-14-6-3-4-7-15(14)13-27-9-5-8-24-27/h3-11H,12-13H2,1-2H3,(H3,22,23,25,26). The highest BCUT2D eigenvalue weighted by atomic mass is 16.5. The first-order valence-corrected chi connectivity index (χ1v) is 9.15. The van der Waals surface area contributed by atoms with Gasteiger partial charge in [-0.3, -0.25) is 4.68 Å². The van der Waals surface area contributed by atoms with Crippen LogP contribution in [0, 0.1) is 0 Å². The van der Waals surface area contributed by atoms with Crippen LogP contribution >= 0.6 is 0 Å². The zero-order valence-corrected chi connectivity index (χ0v) is 16.3. The molecule has 8 heteroatoms. The molecule has 0 amide bonds. The van der Waals surface area contributed by atoms with Crippen LogP contribution < -0.4 is 20.5 Å². The minimum absolute atomic E-state index is 0.378. The van der Waals surface area contributed by atoms with Crippen molar-refractivity contribution in [2.45, 2.75) is 13.1 Å². The molecule has 0 saturated heterocycles. The molecule has 0 atom stereocenters. The van der Waals surface area contributed by atoms with E-state index in [0.717, 1.165) is 5.56 Å². The lowest BCUT2D eigenvalue weighted by Crippen LogP contribution is -2.09. The first kappa shape index (κ1) is 18.5. The predicted molar refractivity (Wildman–Crippen MR) is 112 cm³/mol. The molecule has 8 nitrogen and oxygen atoms in total. The zero-order chi connectivity index (χ0) is 20.2. The van der Waals surface area contributed by atoms with Crippen LogP contribution in [0.1, 0.15) is 11.1 Å². The molecule has 0 aliphatic rings. The van der Waals surface area contributed by atoms with Gasteiger partial charge in [0.1, 0.15) is 5.82 Å². The normalized spacial score (nSPS) is 10.8. The minimum atomic E-state index is 0.378. The molecule has 0 saturated carbocycles. The molecule has 148 valence electrons. The van der Waals surface area contributed by atoms with Crippen molar-refractivity contribution >= 4 is 22.7 Å². The van der Waals surface area contributed by atoms with Crippen LogP contribution in [-0.4, -0.2) is 34.0 Å². The van der Waals surface area contributed by atoms with Crippen molar-refractivity contribution in [1.29, 1.82) is 0 Å². The second-order valence-electron chi connectivity index (χ2n) is 6.48. The number of anilines is 2. The maximum atomic E-state index is 6.16. The Bertz CT molecular complexity index is 1130. The Morgan fingerprint density at radius 3 is 2.48 bits per heavy atom. The number of rotatable bonds is 7. The molecule has 29 heavy (non-hydrogen) atoms. The van der Waals surface area contributed by atoms with Gasteiger partial charge < -0.3 is 20.5 Å². The fourth-order valence-corrected chi connectivity index (χ4v) is 3.19. The highest BCUT2D eigenvalue weighted by molar-refractivity contribution is 5.91. The van der Waals surface area contributed by atoms with Gasteiger partial charge in [-0.15, -0.1) is 0 Å². The third-order valence-electron chi connectivity index (χ3n) is 4.68. The molecule has 2 heterocycles. The lowest BCUT2D eigenvalue weighted by atomic mass is 10.1. The number of nitrogens with zero attached hydrogens (tertiary/aromatic N) is 4. The van der Waals surface area contributed by atoms with Crippen LogP contribution in [0.4, 0.5) is 11.8 Å². The fourth-order valence-electron chi connectivity index (χ4n) is 3.19. The van der Waals surface area contributed by atoms with Gasteiger partial charge in [-0.25, -0.2) is 4.98 Å². The number of nitrogens with one attached hydrogen (secondary N) is 1. The van der Waals surface area contributed by atoms with Crippen molar-refractivity contribution in [1.82, 2.24) is 19.7 Å². The van der Waals surface area contributed by atoms with E-state index < -0.39 is 0 Å². The van der Waals surface area contributed by atoms with Gasteiger partial charge in [-0.05, 0) is 23.3 Å². The van der Waals surface area contributed by atoms with Crippen LogP contribution in [0.15, 0.2) is 54.9 Å². The lowest BCUT2D eigenvalue weighted by Gasteiger charge is -2.13. The summed E-state index contributed by atoms with van der Waals surface area (Å²) in [6, 6.07) is 13.7. The molecule has 2 aromatic carbocycles. The van der Waals surface area contributed by atoms with Crippen molar-refractivity contribution in [3.8, 4) is 11.5 Å². The van der Waals surface area contributed by atoms with Crippen molar-refractivity contribution < 1.29 is 9.47 Å². The minimum Gasteiger partial charge on any atom is -0.493 e. The van der Waals surface area contributed by atoms with Crippen LogP contribution in [0.25, 0.3) is 10.9 Å². The molecule has 4 aromatic rings. The van der Waals surface area contributed by atoms with E-state index >= 15 is 0 Å². The molecule has 0 unspecified atom stereocenters. The summed E-state index contributed by atoms with van der Waals surface area (Å²) >= 11 is 0. The first-order chi connectivity index (χ1) is 14.2. The van der Waals surface area contributed by atoms with Crippen LogP contribution in [-0.2, 0) is 13.1 Å². The van der Waals surface area contributed by atoms with E-state index in [1.807, 2.05) is 29.1 Å². The van der Waals surface area contributed by atoms with Gasteiger partial charge in [-0.1, -0.05) is 24.3 Å². The Morgan fingerprint density at radius 1 is 1.00 bits per heavy atom. The molecule has 4 rings (SSSR count). The van der Waals surface area contributed by atoms with Gasteiger partial charge in [0, 0.05) is 30.4 Å². The molecule has 0 spiro atoms. The van der Waals surface area contributed by atoms with Gasteiger partial charge in [0.05, 0.1) is 26.3 Å². The van der Waals surface area contributed by atoms with Gasteiger partial charge in [0.25, 0.3) is 0 Å². The van der Waals surface area contributed by atoms with Crippen molar-refractivity contribution in [2.24, 2.45) is 0 Å². The molecule has 0 bridgehead atoms. The lowest BCUT2D eigenvalue weighted by molar-refractivity contribution is 0.356. The summed E-state index contributed by atoms with van der Waals surface area (Å²) in [6.07, 6.45) is 3.72. The smallest absolute Gasteiger partial charge is 0.225 e. The Hall–Kier alpha value is -3.81. The van der Waals surface area contributed by atoms with E-state index in [9.17, 15) is 0 Å². The summed E-state index contributed by atoms with van der Waals surface area (Å²) in [5.41, 5.74) is 9.15. The Balaban J connectivity index is 1.59. The average Bonchev–Trinajstić information content (AvgIpc) is 3.25. The maximum Gasteiger partial charge on any atom is 0.225 e. The summed E-state index contributed by atoms with van der Waals surface area (Å²) in [5.74, 6) is 2.01. The number of methoxy groups -OCH3 is 2. The third-order valence-corrected chi connectivity index (χ3v) is 4.68. The number of aromatic nitrogens is 4. The summed E-state index contributed by atoms with van der Waals surface area (Å²) in [4.78, 5) is 8.98. The van der Waals surface area contributed by atoms with Gasteiger partial charge in [0.2, 0.25) is 5.95 Å². The van der Waals surface area contributed by atoms with Gasteiger partial charge in [-0.2, -0.15) is 10.1 Å². The Kier molecular flexibility index (Phi) is 5.15. The first-order valence-electron chi connectivity index (χ1n) is 9.15. The van der Waals surface area contributed by atoms with E-state index in [-0.39, 0.29) is 0 Å². The van der Waals surface area contributed by atoms with E-state index in [1.54, 1.807) is 32.5 Å². The molecule has 3 N–H and O–H groups in total. The highest BCUT2D eigenvalue weighted by Gasteiger charge is 2.12. The summed E-state index contributed by atoms with van der Waals surface area (Å²) in [5, 5.41) is 8.27. The van der Waals surface area contributed by atoms with E-state index in [4.69, 9.17) is 15.2 Å². The number of benzene rings is 2. The van der Waals surface area contributed by atoms with Gasteiger partial charge in [0.15, 0.2) is 11.5 Å². The molecule has 0 fully saturated rings. The topological polar surface area (TPSA) is 100 Å². The summed E-state index contributed by atoms with van der Waals surface area (Å²) < 4.78 is 12.6. The molecular formula is C21H22N6O2. The number of hydrogen-bond donors (Lipinski definition) is 2. The Morgan fingerprint density at radius 2 is 1.76 bits per heavy atom. The number of hydrogen-bond acceptors (Lipinski definition) is 7. The van der Waals surface area contributed by atoms with Crippen molar-refractivity contribution in [2.75, 3.05) is 25.3 Å². The highest BCUT2D eigenvalue weighted by Crippen LogP contribution is 2.33. The number of nitrogen functional groups attached to an aromatic ring is 1. The van der Waals surface area contributed by atoms with Gasteiger partial charge >= 0.3 is 0 Å². The quantitative estimate of drug-likeness (QED) is 0.500. The predicted octanol–water partition coefficient (Wildman–Crippen LogP) is 3.09. The molecule has 2 aromatic heterocycles. The molecule has 0 aliphatic heterocycles. The van der Waals surface area contributed by atoms with Crippen molar-refractivity contribution in [3.05, 3.63) is 66.0 Å². The fraction of sp³-hybridized carbons (Fsp3) is 0.190. The number of nitrogens with two attached hydrogens (primary N) is 1. The molecular weight excluding hydrogens is 368 g/mol. The number of fused-ring (bicyclic) bond motifs is 1. The van der Waals surface area contributed by atoms with Crippen LogP contribution in [0.3, 0.4) is 0 Å². The van der Waals surface area contributed by atoms with E-state index in [0.29, 0.717) is 47.3 Å². The summed E-state index contributed by atoms with van der Waals surface area (Å²) in [7, 11) is 3.17. The van der Waals surface area contributed by atoms with Crippen molar-refractivity contribution in [3.63, 3.8) is 0 Å². The zero-order valence-electron chi connectivity index (χ0n) is 16.3. The van der Waals surface area contributed by atoms with Crippen LogP contribution in [0.5, 0.6) is 11.5 Å².